The fourth-order valence-corrected chi connectivity index (χ4v) is 2.83. The average Bonchev–Trinajstić information content (AvgIpc) is 2.77. The highest BCUT2D eigenvalue weighted by Crippen LogP contribution is 2.26. The Kier molecular flexibility index (Phi) is 6.79. The average molecular weight is 393 g/mol. The van der Waals surface area contributed by atoms with Crippen molar-refractivity contribution < 1.29 is 23.8 Å². The van der Waals surface area contributed by atoms with Crippen LogP contribution >= 0.6 is 0 Å². The van der Waals surface area contributed by atoms with Crippen LogP contribution in [-0.4, -0.2) is 37.2 Å². The second-order valence-corrected chi connectivity index (χ2v) is 6.45. The number of methoxy groups -OCH3 is 1. The van der Waals surface area contributed by atoms with Gasteiger partial charge in [0.2, 0.25) is 0 Å². The Balaban J connectivity index is 1.85. The van der Waals surface area contributed by atoms with Crippen molar-refractivity contribution in [1.29, 1.82) is 0 Å². The molecule has 6 heteroatoms. The number of fused-ring (bicyclic) bond motifs is 1. The molecule has 3 rings (SSSR count). The molecule has 29 heavy (non-hydrogen) atoms. The van der Waals surface area contributed by atoms with Crippen LogP contribution in [0.25, 0.3) is 22.2 Å². The third-order valence-corrected chi connectivity index (χ3v) is 4.40. The molecule has 150 valence electrons. The zero-order valence-electron chi connectivity index (χ0n) is 16.5. The third kappa shape index (κ3) is 5.10. The smallest absolute Gasteiger partial charge is 0.344 e. The molecule has 0 N–H and O–H groups in total. The largest absolute Gasteiger partial charge is 0.497 e. The first-order valence-corrected chi connectivity index (χ1v) is 9.49. The molecule has 0 bridgehead atoms. The first-order chi connectivity index (χ1) is 14.1. The van der Waals surface area contributed by atoms with Crippen LogP contribution in [0, 0.1) is 0 Å². The number of esters is 2. The van der Waals surface area contributed by atoms with Gasteiger partial charge in [0.1, 0.15) is 5.75 Å². The molecule has 0 atom stereocenters. The third-order valence-electron chi connectivity index (χ3n) is 4.40. The van der Waals surface area contributed by atoms with Gasteiger partial charge in [0.05, 0.1) is 30.5 Å². The molecule has 1 heterocycles. The summed E-state index contributed by atoms with van der Waals surface area (Å²) >= 11 is 0. The Labute approximate surface area is 169 Å². The summed E-state index contributed by atoms with van der Waals surface area (Å²) in [6.45, 7) is 1.91. The lowest BCUT2D eigenvalue weighted by Gasteiger charge is -2.10. The molecular weight excluding hydrogens is 370 g/mol. The van der Waals surface area contributed by atoms with E-state index in [0.717, 1.165) is 24.2 Å². The number of pyridine rings is 1. The second-order valence-electron chi connectivity index (χ2n) is 6.45. The number of nitrogens with zero attached hydrogens (tertiary/aromatic N) is 1. The summed E-state index contributed by atoms with van der Waals surface area (Å²) in [5, 5.41) is 0.661. The summed E-state index contributed by atoms with van der Waals surface area (Å²) in [7, 11) is 1.60. The van der Waals surface area contributed by atoms with E-state index in [1.54, 1.807) is 19.2 Å². The normalized spacial score (nSPS) is 10.6. The maximum Gasteiger partial charge on any atom is 0.344 e. The maximum atomic E-state index is 12.7. The van der Waals surface area contributed by atoms with Gasteiger partial charge in [-0.25, -0.2) is 14.6 Å². The molecule has 0 saturated carbocycles. The van der Waals surface area contributed by atoms with Gasteiger partial charge in [-0.15, -0.1) is 0 Å². The molecule has 0 radical (unpaired) electrons. The van der Waals surface area contributed by atoms with E-state index in [2.05, 4.69) is 4.98 Å². The van der Waals surface area contributed by atoms with Crippen LogP contribution in [0.4, 0.5) is 0 Å². The van der Waals surface area contributed by atoms with Crippen molar-refractivity contribution in [1.82, 2.24) is 4.98 Å². The summed E-state index contributed by atoms with van der Waals surface area (Å²) < 4.78 is 15.4. The Morgan fingerprint density at radius 2 is 1.76 bits per heavy atom. The minimum atomic E-state index is -0.592. The van der Waals surface area contributed by atoms with Crippen molar-refractivity contribution in [3.63, 3.8) is 0 Å². The highest BCUT2D eigenvalue weighted by molar-refractivity contribution is 6.05. The number of unbranched alkanes of at least 4 members (excludes halogenated alkanes) is 1. The predicted molar refractivity (Wildman–Crippen MR) is 110 cm³/mol. The minimum Gasteiger partial charge on any atom is -0.497 e. The highest BCUT2D eigenvalue weighted by atomic mass is 16.6. The summed E-state index contributed by atoms with van der Waals surface area (Å²) in [4.78, 5) is 29.1. The predicted octanol–water partition coefficient (Wildman–Crippen LogP) is 4.41. The molecule has 0 saturated heterocycles. The minimum absolute atomic E-state index is 0.326. The Morgan fingerprint density at radius 3 is 2.48 bits per heavy atom. The zero-order chi connectivity index (χ0) is 20.6. The van der Waals surface area contributed by atoms with Crippen molar-refractivity contribution in [2.45, 2.75) is 19.8 Å². The van der Waals surface area contributed by atoms with Gasteiger partial charge in [-0.3, -0.25) is 0 Å². The molecular formula is C23H23NO5. The highest BCUT2D eigenvalue weighted by Gasteiger charge is 2.17. The molecule has 0 fully saturated rings. The number of carbonyl (C=O) groups excluding carboxylic acids is 2. The van der Waals surface area contributed by atoms with Gasteiger partial charge < -0.3 is 14.2 Å². The topological polar surface area (TPSA) is 74.7 Å². The van der Waals surface area contributed by atoms with Gasteiger partial charge in [0, 0.05) is 10.9 Å². The van der Waals surface area contributed by atoms with Crippen LogP contribution in [0.1, 0.15) is 30.1 Å². The maximum absolute atomic E-state index is 12.7. The van der Waals surface area contributed by atoms with Crippen LogP contribution in [0.3, 0.4) is 0 Å². The van der Waals surface area contributed by atoms with Gasteiger partial charge >= 0.3 is 11.9 Å². The standard InChI is InChI=1S/C23H23NO5/c1-3-4-13-28-22(25)15-29-23(26)19-14-21(16-9-11-17(27-2)12-10-16)24-20-8-6-5-7-18(19)20/h5-12,14H,3-4,13,15H2,1-2H3. The van der Waals surface area contributed by atoms with E-state index in [9.17, 15) is 9.59 Å². The number of benzene rings is 2. The first-order valence-electron chi connectivity index (χ1n) is 9.49. The lowest BCUT2D eigenvalue weighted by molar-refractivity contribution is -0.147. The van der Waals surface area contributed by atoms with Gasteiger partial charge in [-0.1, -0.05) is 31.5 Å². The first kappa shape index (κ1) is 20.3. The Bertz CT molecular complexity index is 998. The number of hydrogen-bond donors (Lipinski definition) is 0. The van der Waals surface area contributed by atoms with Crippen LogP contribution in [0.15, 0.2) is 54.6 Å². The van der Waals surface area contributed by atoms with Crippen molar-refractivity contribution in [2.24, 2.45) is 0 Å². The number of carbonyl (C=O) groups is 2. The van der Waals surface area contributed by atoms with Crippen molar-refractivity contribution in [2.75, 3.05) is 20.3 Å². The van der Waals surface area contributed by atoms with Crippen LogP contribution < -0.4 is 4.74 Å². The Morgan fingerprint density at radius 1 is 1.00 bits per heavy atom. The molecule has 0 unspecified atom stereocenters. The lowest BCUT2D eigenvalue weighted by atomic mass is 10.0. The monoisotopic (exact) mass is 393 g/mol. The lowest BCUT2D eigenvalue weighted by Crippen LogP contribution is -2.17. The van der Waals surface area contributed by atoms with E-state index in [4.69, 9.17) is 14.2 Å². The van der Waals surface area contributed by atoms with Crippen molar-refractivity contribution in [3.8, 4) is 17.0 Å². The van der Waals surface area contributed by atoms with E-state index in [-0.39, 0.29) is 0 Å². The summed E-state index contributed by atoms with van der Waals surface area (Å²) in [5.41, 5.74) is 2.48. The zero-order valence-corrected chi connectivity index (χ0v) is 16.5. The van der Waals surface area contributed by atoms with E-state index >= 15 is 0 Å². The van der Waals surface area contributed by atoms with E-state index < -0.39 is 18.5 Å². The van der Waals surface area contributed by atoms with Crippen LogP contribution in [0.2, 0.25) is 0 Å². The SMILES string of the molecule is CCCCOC(=O)COC(=O)c1cc(-c2ccc(OC)cc2)nc2ccccc12. The summed E-state index contributed by atoms with van der Waals surface area (Å²) in [6, 6.07) is 16.4. The number of aromatic nitrogens is 1. The molecule has 3 aromatic rings. The fourth-order valence-electron chi connectivity index (χ4n) is 2.83. The quantitative estimate of drug-likeness (QED) is 0.417. The van der Waals surface area contributed by atoms with E-state index in [1.807, 2.05) is 49.4 Å². The molecule has 1 aromatic heterocycles. The van der Waals surface area contributed by atoms with Gasteiger partial charge in [0.15, 0.2) is 6.61 Å². The van der Waals surface area contributed by atoms with Crippen LogP contribution in [-0.2, 0) is 14.3 Å². The van der Waals surface area contributed by atoms with E-state index in [1.165, 1.54) is 0 Å². The number of rotatable bonds is 8. The van der Waals surface area contributed by atoms with Gasteiger partial charge in [-0.2, -0.15) is 0 Å². The fraction of sp³-hybridized carbons (Fsp3) is 0.261. The van der Waals surface area contributed by atoms with Crippen molar-refractivity contribution in [3.05, 3.63) is 60.2 Å². The molecule has 6 nitrogen and oxygen atoms in total. The summed E-state index contributed by atoms with van der Waals surface area (Å²) in [6.07, 6.45) is 1.70. The van der Waals surface area contributed by atoms with Crippen LogP contribution in [0.5, 0.6) is 5.75 Å². The number of ether oxygens (including phenoxy) is 3. The molecule has 0 aliphatic rings. The number of hydrogen-bond acceptors (Lipinski definition) is 6. The van der Waals surface area contributed by atoms with E-state index in [0.29, 0.717) is 28.8 Å². The molecule has 0 aliphatic heterocycles. The molecule has 0 spiro atoms. The molecule has 0 amide bonds. The number of para-hydroxylation sites is 1. The molecule has 2 aromatic carbocycles. The molecule has 0 aliphatic carbocycles. The van der Waals surface area contributed by atoms with Gasteiger partial charge in [-0.05, 0) is 42.8 Å². The summed E-state index contributed by atoms with van der Waals surface area (Å²) in [5.74, 6) is -0.415. The van der Waals surface area contributed by atoms with Gasteiger partial charge in [0.25, 0.3) is 0 Å². The Hall–Kier alpha value is -3.41. The second kappa shape index (κ2) is 9.68. The van der Waals surface area contributed by atoms with Crippen molar-refractivity contribution >= 4 is 22.8 Å².